The van der Waals surface area contributed by atoms with E-state index in [1.54, 1.807) is 14.0 Å². The highest BCUT2D eigenvalue weighted by molar-refractivity contribution is 5.75. The van der Waals surface area contributed by atoms with Crippen LogP contribution in [0.1, 0.15) is 125 Å². The van der Waals surface area contributed by atoms with E-state index in [4.69, 9.17) is 24.3 Å². The van der Waals surface area contributed by atoms with Gasteiger partial charge in [0, 0.05) is 52.0 Å². The van der Waals surface area contributed by atoms with Crippen LogP contribution in [0.25, 0.3) is 0 Å². The quantitative estimate of drug-likeness (QED) is 0.277. The van der Waals surface area contributed by atoms with Crippen LogP contribution in [0.3, 0.4) is 0 Å². The highest BCUT2D eigenvalue weighted by Crippen LogP contribution is 2.69. The highest BCUT2D eigenvalue weighted by Gasteiger charge is 2.66. The fourth-order valence-corrected chi connectivity index (χ4v) is 11.0. The number of amides is 1. The van der Waals surface area contributed by atoms with E-state index in [1.807, 2.05) is 0 Å². The molecule has 9 atom stereocenters. The van der Waals surface area contributed by atoms with Gasteiger partial charge in [-0.15, -0.1) is 0 Å². The molecule has 0 bridgehead atoms. The molecule has 6 fully saturated rings. The van der Waals surface area contributed by atoms with E-state index in [0.717, 1.165) is 57.8 Å². The predicted octanol–water partition coefficient (Wildman–Crippen LogP) is 6.86. The molecule has 6 rings (SSSR count). The van der Waals surface area contributed by atoms with Gasteiger partial charge in [0.2, 0.25) is 17.5 Å². The van der Waals surface area contributed by atoms with Crippen molar-refractivity contribution >= 4 is 11.9 Å². The van der Waals surface area contributed by atoms with Crippen molar-refractivity contribution in [1.29, 1.82) is 0 Å². The third-order valence-electron chi connectivity index (χ3n) is 13.6. The molecule has 42 heavy (non-hydrogen) atoms. The number of nitrogens with one attached hydrogen (secondary N) is 1. The number of hydrogen-bond donors (Lipinski definition) is 1. The van der Waals surface area contributed by atoms with E-state index in [1.165, 1.54) is 19.3 Å². The Morgan fingerprint density at radius 3 is 2.21 bits per heavy atom. The number of rotatable bonds is 5. The molecule has 1 saturated heterocycles. The number of ether oxygens (including phenoxy) is 1. The predicted molar refractivity (Wildman–Crippen MR) is 156 cm³/mol. The van der Waals surface area contributed by atoms with Crippen molar-refractivity contribution in [3.05, 3.63) is 0 Å². The zero-order chi connectivity index (χ0) is 29.9. The molecule has 1 N–H and O–H groups in total. The summed E-state index contributed by atoms with van der Waals surface area (Å²) >= 11 is 0. The fourth-order valence-electron chi connectivity index (χ4n) is 11.0. The molecule has 0 radical (unpaired) electrons. The van der Waals surface area contributed by atoms with E-state index >= 15 is 0 Å². The topological polar surface area (TPSA) is 92.3 Å². The van der Waals surface area contributed by atoms with Gasteiger partial charge in [-0.2, -0.15) is 19.6 Å². The number of hydrogen-bond acceptors (Lipinski definition) is 7. The Kier molecular flexibility index (Phi) is 8.28. The van der Waals surface area contributed by atoms with Gasteiger partial charge in [0.15, 0.2) is 0 Å². The summed E-state index contributed by atoms with van der Waals surface area (Å²) in [6, 6.07) is 0. The van der Waals surface area contributed by atoms with Crippen LogP contribution in [0.15, 0.2) is 0 Å². The lowest BCUT2D eigenvalue weighted by Crippen LogP contribution is -2.62. The van der Waals surface area contributed by atoms with Crippen molar-refractivity contribution in [2.24, 2.45) is 52.3 Å². The van der Waals surface area contributed by atoms with E-state index in [9.17, 15) is 9.59 Å². The lowest BCUT2D eigenvalue weighted by Gasteiger charge is -2.64. The van der Waals surface area contributed by atoms with Crippen molar-refractivity contribution in [2.75, 3.05) is 7.05 Å². The minimum atomic E-state index is -0.895. The fraction of sp³-hybridized carbons (Fsp3) is 0.941. The zero-order valence-electron chi connectivity index (χ0n) is 26.9. The highest BCUT2D eigenvalue weighted by atomic mass is 17.4. The van der Waals surface area contributed by atoms with Gasteiger partial charge in [0.1, 0.15) is 6.10 Å². The Morgan fingerprint density at radius 1 is 0.881 bits per heavy atom. The van der Waals surface area contributed by atoms with Crippen LogP contribution in [0.2, 0.25) is 0 Å². The summed E-state index contributed by atoms with van der Waals surface area (Å²) in [4.78, 5) is 48.9. The van der Waals surface area contributed by atoms with Gasteiger partial charge in [-0.25, -0.2) is 0 Å². The Morgan fingerprint density at radius 2 is 1.55 bits per heavy atom. The summed E-state index contributed by atoms with van der Waals surface area (Å²) < 4.78 is 6.24. The summed E-state index contributed by atoms with van der Waals surface area (Å²) in [6.45, 7) is 11.2. The minimum absolute atomic E-state index is 0.0955. The zero-order valence-corrected chi connectivity index (χ0v) is 26.9. The first-order valence-electron chi connectivity index (χ1n) is 17.0. The van der Waals surface area contributed by atoms with Crippen LogP contribution in [-0.2, 0) is 33.9 Å². The molecule has 0 aromatic rings. The summed E-state index contributed by atoms with van der Waals surface area (Å²) in [5, 5.41) is 2.79. The molecule has 1 aliphatic heterocycles. The maximum atomic E-state index is 12.5. The number of esters is 1. The second kappa shape index (κ2) is 11.3. The summed E-state index contributed by atoms with van der Waals surface area (Å²) in [5.41, 5.74) is 0.336. The first-order valence-corrected chi connectivity index (χ1v) is 17.0. The largest absolute Gasteiger partial charge is 0.462 e. The number of fused-ring (bicyclic) bond motifs is 5. The standard InChI is InChI=1S/C34H55NO7/c1-21-11-15-33(16-12-21)39-41-34(42-40-33)18-17-31(4)24(20-34)19-28(38-23(3)36)30-26-9-8-25(22(2)7-10-29(37)35-6)32(26,5)14-13-27(30)31/h21-22,24-28,30H,7-20H2,1-6H3,(H,35,37)/t21?,22-,24-,25-,26+,27+,28-,30+,31+,32-,33?,34?/m1/s1. The molecule has 2 spiro atoms. The second-order valence-corrected chi connectivity index (χ2v) is 15.8. The summed E-state index contributed by atoms with van der Waals surface area (Å²) in [7, 11) is 1.72. The van der Waals surface area contributed by atoms with Crippen molar-refractivity contribution in [1.82, 2.24) is 5.32 Å². The Balaban J connectivity index is 1.19. The van der Waals surface area contributed by atoms with Gasteiger partial charge in [-0.05, 0) is 104 Å². The van der Waals surface area contributed by atoms with Crippen molar-refractivity contribution in [3.63, 3.8) is 0 Å². The van der Waals surface area contributed by atoms with Gasteiger partial charge >= 0.3 is 5.97 Å². The van der Waals surface area contributed by atoms with Crippen molar-refractivity contribution in [3.8, 4) is 0 Å². The molecular weight excluding hydrogens is 534 g/mol. The third kappa shape index (κ3) is 5.24. The van der Waals surface area contributed by atoms with E-state index in [-0.39, 0.29) is 34.7 Å². The number of carbonyl (C=O) groups is 2. The van der Waals surface area contributed by atoms with Gasteiger partial charge in [0.25, 0.3) is 0 Å². The van der Waals surface area contributed by atoms with Gasteiger partial charge < -0.3 is 10.1 Å². The smallest absolute Gasteiger partial charge is 0.302 e. The molecule has 5 aliphatic carbocycles. The Hall–Kier alpha value is -1.22. The SMILES string of the molecule is CNC(=O)CC[C@@H](C)[C@H]1CC[C@H]2[C@@H]3[C@H](OC(C)=O)C[C@@H]4CC5(CC[C@]4(C)[C@H]3CC[C@]12C)OOC1(CCC(C)CC1)OO5. The summed E-state index contributed by atoms with van der Waals surface area (Å²) in [6.07, 6.45) is 13.1. The normalized spacial score (nSPS) is 49.0. The van der Waals surface area contributed by atoms with E-state index in [0.29, 0.717) is 48.3 Å². The monoisotopic (exact) mass is 589 g/mol. The molecule has 238 valence electrons. The minimum Gasteiger partial charge on any atom is -0.462 e. The average Bonchev–Trinajstić information content (AvgIpc) is 3.32. The van der Waals surface area contributed by atoms with Gasteiger partial charge in [0.05, 0.1) is 0 Å². The third-order valence-corrected chi connectivity index (χ3v) is 13.6. The lowest BCUT2D eigenvalue weighted by atomic mass is 9.43. The molecule has 1 heterocycles. The average molecular weight is 590 g/mol. The first-order chi connectivity index (χ1) is 19.9. The molecule has 0 aromatic carbocycles. The molecule has 8 nitrogen and oxygen atoms in total. The molecule has 0 aromatic heterocycles. The van der Waals surface area contributed by atoms with Crippen LogP contribution < -0.4 is 5.32 Å². The first kappa shape index (κ1) is 30.8. The number of carbonyl (C=O) groups excluding carboxylic acids is 2. The molecule has 0 unspecified atom stereocenters. The maximum absolute atomic E-state index is 12.5. The summed E-state index contributed by atoms with van der Waals surface area (Å²) in [5.74, 6) is 1.72. The molecule has 6 aliphatic rings. The van der Waals surface area contributed by atoms with Gasteiger partial charge in [-0.3, -0.25) is 9.59 Å². The van der Waals surface area contributed by atoms with E-state index in [2.05, 4.69) is 33.0 Å². The molecule has 5 saturated carbocycles. The Labute approximate surface area is 252 Å². The van der Waals surface area contributed by atoms with Crippen LogP contribution in [0.4, 0.5) is 0 Å². The van der Waals surface area contributed by atoms with E-state index < -0.39 is 11.6 Å². The maximum Gasteiger partial charge on any atom is 0.302 e. The van der Waals surface area contributed by atoms with Crippen LogP contribution >= 0.6 is 0 Å². The molecular formula is C34H55NO7. The van der Waals surface area contributed by atoms with Crippen LogP contribution in [-0.4, -0.2) is 36.6 Å². The Bertz CT molecular complexity index is 1020. The molecule has 8 heteroatoms. The van der Waals surface area contributed by atoms with Crippen molar-refractivity contribution in [2.45, 2.75) is 142 Å². The van der Waals surface area contributed by atoms with Crippen molar-refractivity contribution < 1.29 is 33.9 Å². The lowest BCUT2D eigenvalue weighted by molar-refractivity contribution is -0.665. The second-order valence-electron chi connectivity index (χ2n) is 15.8. The van der Waals surface area contributed by atoms with Crippen LogP contribution in [0, 0.1) is 52.3 Å². The van der Waals surface area contributed by atoms with Crippen LogP contribution in [0.5, 0.6) is 0 Å². The van der Waals surface area contributed by atoms with Gasteiger partial charge in [-0.1, -0.05) is 27.7 Å². The molecule has 1 amide bonds.